The van der Waals surface area contributed by atoms with Crippen LogP contribution < -0.4 is 0 Å². The van der Waals surface area contributed by atoms with Crippen molar-refractivity contribution in [2.75, 3.05) is 0 Å². The zero-order valence-corrected chi connectivity index (χ0v) is 10.9. The van der Waals surface area contributed by atoms with Crippen LogP contribution in [0.3, 0.4) is 0 Å². The fourth-order valence-electron chi connectivity index (χ4n) is 1.42. The van der Waals surface area contributed by atoms with Crippen molar-refractivity contribution in [2.24, 2.45) is 7.05 Å². The van der Waals surface area contributed by atoms with Gasteiger partial charge in [-0.1, -0.05) is 11.8 Å². The van der Waals surface area contributed by atoms with Crippen LogP contribution in [0.2, 0.25) is 0 Å². The fourth-order valence-corrected chi connectivity index (χ4v) is 2.38. The number of imidazole rings is 1. The van der Waals surface area contributed by atoms with Crippen molar-refractivity contribution in [1.82, 2.24) is 9.55 Å². The Balaban J connectivity index is 2.61. The van der Waals surface area contributed by atoms with Gasteiger partial charge in [-0.3, -0.25) is 0 Å². The summed E-state index contributed by atoms with van der Waals surface area (Å²) >= 11 is 0.0282. The molecule has 0 radical (unpaired) electrons. The van der Waals surface area contributed by atoms with Crippen LogP contribution in [0.25, 0.3) is 0 Å². The number of hydrogen-bond donors (Lipinski definition) is 0. The maximum Gasteiger partial charge on any atom is 0.396 e. The molecule has 0 spiro atoms. The lowest BCUT2D eigenvalue weighted by molar-refractivity contribution is -0.392. The zero-order valence-electron chi connectivity index (χ0n) is 10.0. The number of hydrogen-bond acceptors (Lipinski definition) is 4. The second-order valence-corrected chi connectivity index (χ2v) is 4.74. The maximum atomic E-state index is 13.5. The third kappa shape index (κ3) is 2.44. The minimum absolute atomic E-state index is 0.0282. The van der Waals surface area contributed by atoms with Gasteiger partial charge in [-0.05, 0) is 9.91 Å². The summed E-state index contributed by atoms with van der Waals surface area (Å²) in [5, 5.41) is 10.3. The molecule has 0 aliphatic heterocycles. The van der Waals surface area contributed by atoms with Gasteiger partial charge in [0, 0.05) is 7.05 Å². The van der Waals surface area contributed by atoms with Gasteiger partial charge in [-0.25, -0.2) is 22.0 Å². The Morgan fingerprint density at radius 3 is 2.05 bits per heavy atom. The molecular formula is C10H4F5N3O2S. The quantitative estimate of drug-likeness (QED) is 0.286. The summed E-state index contributed by atoms with van der Waals surface area (Å²) in [7, 11) is 1.27. The molecule has 0 atom stereocenters. The Morgan fingerprint density at radius 1 is 1.10 bits per heavy atom. The van der Waals surface area contributed by atoms with Crippen molar-refractivity contribution >= 4 is 17.6 Å². The first-order valence-corrected chi connectivity index (χ1v) is 5.92. The summed E-state index contributed by atoms with van der Waals surface area (Å²) in [5.74, 6) is -11.4. The summed E-state index contributed by atoms with van der Waals surface area (Å²) in [4.78, 5) is 11.9. The Kier molecular flexibility index (Phi) is 3.85. The molecule has 0 aliphatic rings. The van der Waals surface area contributed by atoms with E-state index < -0.39 is 44.7 Å². The Bertz CT molecular complexity index is 720. The monoisotopic (exact) mass is 325 g/mol. The van der Waals surface area contributed by atoms with Crippen LogP contribution in [0.4, 0.5) is 27.8 Å². The van der Waals surface area contributed by atoms with Gasteiger partial charge < -0.3 is 14.7 Å². The molecule has 112 valence electrons. The molecule has 5 nitrogen and oxygen atoms in total. The first-order chi connectivity index (χ1) is 9.75. The van der Waals surface area contributed by atoms with Crippen molar-refractivity contribution in [1.29, 1.82) is 0 Å². The van der Waals surface area contributed by atoms with Crippen molar-refractivity contribution in [3.63, 3.8) is 0 Å². The van der Waals surface area contributed by atoms with E-state index in [4.69, 9.17) is 0 Å². The molecule has 11 heteroatoms. The number of halogens is 5. The molecule has 21 heavy (non-hydrogen) atoms. The number of aromatic nitrogens is 2. The fraction of sp³-hybridized carbons (Fsp3) is 0.100. The molecule has 1 heterocycles. The summed E-state index contributed by atoms with van der Waals surface area (Å²) in [5.41, 5.74) is 0. The maximum absolute atomic E-state index is 13.5. The second-order valence-electron chi connectivity index (χ2n) is 3.74. The van der Waals surface area contributed by atoms with Gasteiger partial charge >= 0.3 is 5.82 Å². The van der Waals surface area contributed by atoms with Gasteiger partial charge in [-0.2, -0.15) is 0 Å². The molecule has 0 saturated heterocycles. The van der Waals surface area contributed by atoms with Gasteiger partial charge in [0.1, 0.15) is 0 Å². The molecule has 1 aromatic heterocycles. The number of rotatable bonds is 3. The van der Waals surface area contributed by atoms with Gasteiger partial charge in [0.15, 0.2) is 28.3 Å². The van der Waals surface area contributed by atoms with Crippen LogP contribution in [0, 0.1) is 39.2 Å². The van der Waals surface area contributed by atoms with Crippen LogP contribution in [-0.4, -0.2) is 14.5 Å². The zero-order chi connectivity index (χ0) is 15.9. The van der Waals surface area contributed by atoms with E-state index >= 15 is 0 Å². The van der Waals surface area contributed by atoms with Gasteiger partial charge in [-0.15, -0.1) is 0 Å². The second kappa shape index (κ2) is 5.31. The Morgan fingerprint density at radius 2 is 1.57 bits per heavy atom. The Labute approximate surface area is 117 Å². The van der Waals surface area contributed by atoms with E-state index in [9.17, 15) is 32.1 Å². The van der Waals surface area contributed by atoms with Crippen molar-refractivity contribution in [3.8, 4) is 0 Å². The normalized spacial score (nSPS) is 11.0. The van der Waals surface area contributed by atoms with Crippen molar-refractivity contribution in [2.45, 2.75) is 9.92 Å². The molecule has 0 aliphatic carbocycles. The molecule has 0 unspecified atom stereocenters. The number of nitrogens with zero attached hydrogens (tertiary/aromatic N) is 3. The van der Waals surface area contributed by atoms with Crippen LogP contribution in [0.5, 0.6) is 0 Å². The lowest BCUT2D eigenvalue weighted by atomic mass is 10.3. The number of nitro groups is 1. The highest BCUT2D eigenvalue weighted by Crippen LogP contribution is 2.38. The smallest absolute Gasteiger partial charge is 0.358 e. The molecular weight excluding hydrogens is 321 g/mol. The Hall–Kier alpha value is -2.17. The molecule has 2 rings (SSSR count). The summed E-state index contributed by atoms with van der Waals surface area (Å²) in [6.45, 7) is 0. The lowest BCUT2D eigenvalue weighted by Gasteiger charge is -2.07. The number of aryl methyl sites for hydroxylation is 1. The highest BCUT2D eigenvalue weighted by atomic mass is 32.2. The first kappa shape index (κ1) is 15.2. The minimum atomic E-state index is -2.30. The third-order valence-electron chi connectivity index (χ3n) is 2.41. The van der Waals surface area contributed by atoms with E-state index in [0.29, 0.717) is 0 Å². The van der Waals surface area contributed by atoms with E-state index in [2.05, 4.69) is 4.98 Å². The van der Waals surface area contributed by atoms with Gasteiger partial charge in [0.05, 0.1) is 4.90 Å². The molecule has 0 saturated carbocycles. The van der Waals surface area contributed by atoms with Crippen LogP contribution in [0.15, 0.2) is 16.2 Å². The van der Waals surface area contributed by atoms with Gasteiger partial charge in [0.25, 0.3) is 0 Å². The standard InChI is InChI=1S/C10H4F5N3O2S/c1-17-2-16-9(18(19)20)10(17)21-8-6(14)4(12)3(11)5(13)7(8)15/h2H,1H3. The van der Waals surface area contributed by atoms with E-state index in [-0.39, 0.29) is 16.8 Å². The predicted octanol–water partition coefficient (Wildman–Crippen LogP) is 3.17. The highest BCUT2D eigenvalue weighted by Gasteiger charge is 2.30. The van der Waals surface area contributed by atoms with Crippen LogP contribution >= 0.6 is 11.8 Å². The summed E-state index contributed by atoms with van der Waals surface area (Å²) in [6, 6.07) is 0. The van der Waals surface area contributed by atoms with E-state index in [1.54, 1.807) is 0 Å². The molecule has 2 aromatic rings. The average Bonchev–Trinajstić information content (AvgIpc) is 2.80. The minimum Gasteiger partial charge on any atom is -0.358 e. The molecule has 0 bridgehead atoms. The summed E-state index contributed by atoms with van der Waals surface area (Å²) < 4.78 is 67.1. The highest BCUT2D eigenvalue weighted by molar-refractivity contribution is 7.99. The average molecular weight is 325 g/mol. The van der Waals surface area contributed by atoms with Crippen molar-refractivity contribution in [3.05, 3.63) is 45.5 Å². The topological polar surface area (TPSA) is 61.0 Å². The molecule has 0 N–H and O–H groups in total. The predicted molar refractivity (Wildman–Crippen MR) is 60.2 cm³/mol. The van der Waals surface area contributed by atoms with Crippen molar-refractivity contribution < 1.29 is 26.9 Å². The van der Waals surface area contributed by atoms with Crippen LogP contribution in [-0.2, 0) is 7.05 Å². The van der Waals surface area contributed by atoms with Gasteiger partial charge in [0.2, 0.25) is 12.1 Å². The molecule has 1 aromatic carbocycles. The molecule has 0 fully saturated rings. The largest absolute Gasteiger partial charge is 0.396 e. The third-order valence-corrected chi connectivity index (χ3v) is 3.63. The first-order valence-electron chi connectivity index (χ1n) is 5.10. The van der Waals surface area contributed by atoms with Crippen LogP contribution in [0.1, 0.15) is 0 Å². The number of benzene rings is 1. The summed E-state index contributed by atoms with van der Waals surface area (Å²) in [6.07, 6.45) is 0.979. The van der Waals surface area contributed by atoms with E-state index in [1.807, 2.05) is 0 Å². The SMILES string of the molecule is Cn1cnc([N+](=O)[O-])c1Sc1c(F)c(F)c(F)c(F)c1F. The van der Waals surface area contributed by atoms with E-state index in [1.165, 1.54) is 7.05 Å². The van der Waals surface area contributed by atoms with E-state index in [0.717, 1.165) is 10.9 Å². The molecule has 0 amide bonds. The lowest BCUT2D eigenvalue weighted by Crippen LogP contribution is -2.04.